The summed E-state index contributed by atoms with van der Waals surface area (Å²) in [5.74, 6) is -0.817. The summed E-state index contributed by atoms with van der Waals surface area (Å²) in [7, 11) is 0. The Kier molecular flexibility index (Phi) is 5.82. The molecule has 0 radical (unpaired) electrons. The van der Waals surface area contributed by atoms with E-state index in [2.05, 4.69) is 29.6 Å². The van der Waals surface area contributed by atoms with Crippen LogP contribution < -0.4 is 5.32 Å². The van der Waals surface area contributed by atoms with Crippen molar-refractivity contribution in [2.24, 2.45) is 0 Å². The molecule has 132 valence electrons. The molecular weight excluding hydrogens is 322 g/mol. The lowest BCUT2D eigenvalue weighted by Crippen LogP contribution is -2.29. The van der Waals surface area contributed by atoms with Gasteiger partial charge in [0.05, 0.1) is 12.5 Å². The molecule has 3 rings (SSSR count). The van der Waals surface area contributed by atoms with Gasteiger partial charge < -0.3 is 5.11 Å². The third-order valence-corrected chi connectivity index (χ3v) is 4.49. The molecule has 0 aromatic heterocycles. The summed E-state index contributed by atoms with van der Waals surface area (Å²) >= 11 is 0. The van der Waals surface area contributed by atoms with Crippen molar-refractivity contribution in [1.82, 2.24) is 5.32 Å². The zero-order chi connectivity index (χ0) is 18.4. The molecule has 0 aliphatic carbocycles. The number of rotatable bonds is 7. The first kappa shape index (κ1) is 17.9. The molecule has 1 atom stereocenters. The van der Waals surface area contributed by atoms with Gasteiger partial charge in [0.25, 0.3) is 0 Å². The molecule has 0 spiro atoms. The van der Waals surface area contributed by atoms with E-state index >= 15 is 0 Å². The average Bonchev–Trinajstić information content (AvgIpc) is 2.67. The van der Waals surface area contributed by atoms with Crippen LogP contribution in [0.5, 0.6) is 0 Å². The van der Waals surface area contributed by atoms with E-state index in [9.17, 15) is 9.90 Å². The molecule has 1 unspecified atom stereocenters. The standard InChI is InChI=1S/C23H23NO2/c1-17-12-14-18(15-13-17)21(16-22(25)26)24-23(19-8-4-2-5-9-19)20-10-6-3-7-11-20/h2-15,21,23-24H,16H2,1H3,(H,25,26). The molecule has 3 heteroatoms. The van der Waals surface area contributed by atoms with Gasteiger partial charge in [0.15, 0.2) is 0 Å². The van der Waals surface area contributed by atoms with Gasteiger partial charge in [-0.25, -0.2) is 0 Å². The van der Waals surface area contributed by atoms with Crippen LogP contribution in [0.3, 0.4) is 0 Å². The summed E-state index contributed by atoms with van der Waals surface area (Å²) in [5.41, 5.74) is 4.36. The third-order valence-electron chi connectivity index (χ3n) is 4.49. The molecule has 2 N–H and O–H groups in total. The minimum atomic E-state index is -0.817. The van der Waals surface area contributed by atoms with E-state index in [1.165, 1.54) is 0 Å². The van der Waals surface area contributed by atoms with Crippen molar-refractivity contribution in [2.75, 3.05) is 0 Å². The highest BCUT2D eigenvalue weighted by molar-refractivity contribution is 5.68. The second kappa shape index (κ2) is 8.45. The Morgan fingerprint density at radius 2 is 1.31 bits per heavy atom. The maximum Gasteiger partial charge on any atom is 0.305 e. The van der Waals surface area contributed by atoms with Crippen LogP contribution in [0.4, 0.5) is 0 Å². The number of carbonyl (C=O) groups is 1. The molecule has 0 heterocycles. The molecule has 0 saturated heterocycles. The third kappa shape index (κ3) is 4.58. The first-order valence-corrected chi connectivity index (χ1v) is 8.78. The molecule has 3 aromatic rings. The van der Waals surface area contributed by atoms with Gasteiger partial charge in [-0.15, -0.1) is 0 Å². The van der Waals surface area contributed by atoms with Gasteiger partial charge in [0.1, 0.15) is 0 Å². The van der Waals surface area contributed by atoms with Gasteiger partial charge in [-0.05, 0) is 23.6 Å². The highest BCUT2D eigenvalue weighted by Crippen LogP contribution is 2.27. The van der Waals surface area contributed by atoms with E-state index in [0.717, 1.165) is 22.3 Å². The van der Waals surface area contributed by atoms with E-state index in [1.807, 2.05) is 67.6 Å². The molecule has 0 fully saturated rings. The Bertz CT molecular complexity index is 790. The second-order valence-electron chi connectivity index (χ2n) is 6.48. The predicted octanol–water partition coefficient (Wildman–Crippen LogP) is 4.89. The molecule has 0 saturated carbocycles. The Labute approximate surface area is 154 Å². The Balaban J connectivity index is 1.96. The summed E-state index contributed by atoms with van der Waals surface area (Å²) in [5, 5.41) is 13.0. The lowest BCUT2D eigenvalue weighted by atomic mass is 9.95. The number of aliphatic carboxylic acids is 1. The summed E-state index contributed by atoms with van der Waals surface area (Å²) in [6.07, 6.45) is 0.0270. The second-order valence-corrected chi connectivity index (χ2v) is 6.48. The first-order chi connectivity index (χ1) is 12.6. The fourth-order valence-electron chi connectivity index (χ4n) is 3.12. The molecule has 26 heavy (non-hydrogen) atoms. The summed E-state index contributed by atoms with van der Waals surface area (Å²) in [6, 6.07) is 27.9. The maximum atomic E-state index is 11.5. The number of benzene rings is 3. The number of carboxylic acid groups (broad SMARTS) is 1. The smallest absolute Gasteiger partial charge is 0.305 e. The Morgan fingerprint density at radius 1 is 0.808 bits per heavy atom. The highest BCUT2D eigenvalue weighted by atomic mass is 16.4. The lowest BCUT2D eigenvalue weighted by Gasteiger charge is -2.26. The number of hydrogen-bond donors (Lipinski definition) is 2. The minimum Gasteiger partial charge on any atom is -0.481 e. The first-order valence-electron chi connectivity index (χ1n) is 8.78. The van der Waals surface area contributed by atoms with Crippen molar-refractivity contribution >= 4 is 5.97 Å². The molecule has 0 aliphatic heterocycles. The number of nitrogens with one attached hydrogen (secondary N) is 1. The molecule has 0 amide bonds. The van der Waals surface area contributed by atoms with E-state index in [1.54, 1.807) is 0 Å². The van der Waals surface area contributed by atoms with Crippen LogP contribution in [0.15, 0.2) is 84.9 Å². The fourth-order valence-corrected chi connectivity index (χ4v) is 3.12. The van der Waals surface area contributed by atoms with Gasteiger partial charge in [-0.1, -0.05) is 90.5 Å². The van der Waals surface area contributed by atoms with E-state index in [4.69, 9.17) is 0 Å². The van der Waals surface area contributed by atoms with Crippen LogP contribution in [0.2, 0.25) is 0 Å². The van der Waals surface area contributed by atoms with Crippen LogP contribution in [0, 0.1) is 6.92 Å². The highest BCUT2D eigenvalue weighted by Gasteiger charge is 2.22. The SMILES string of the molecule is Cc1ccc(C(CC(=O)O)NC(c2ccccc2)c2ccccc2)cc1. The van der Waals surface area contributed by atoms with Crippen LogP contribution >= 0.6 is 0 Å². The summed E-state index contributed by atoms with van der Waals surface area (Å²) in [6.45, 7) is 2.03. The van der Waals surface area contributed by atoms with Crippen LogP contribution in [-0.2, 0) is 4.79 Å². The van der Waals surface area contributed by atoms with Crippen molar-refractivity contribution in [1.29, 1.82) is 0 Å². The van der Waals surface area contributed by atoms with Crippen LogP contribution in [0.25, 0.3) is 0 Å². The van der Waals surface area contributed by atoms with Crippen molar-refractivity contribution in [3.8, 4) is 0 Å². The maximum absolute atomic E-state index is 11.5. The van der Waals surface area contributed by atoms with Gasteiger partial charge in [-0.3, -0.25) is 10.1 Å². The van der Waals surface area contributed by atoms with E-state index in [-0.39, 0.29) is 18.5 Å². The number of hydrogen-bond acceptors (Lipinski definition) is 2. The predicted molar refractivity (Wildman–Crippen MR) is 104 cm³/mol. The van der Waals surface area contributed by atoms with Gasteiger partial charge >= 0.3 is 5.97 Å². The molecular formula is C23H23NO2. The molecule has 3 nitrogen and oxygen atoms in total. The van der Waals surface area contributed by atoms with E-state index in [0.29, 0.717) is 0 Å². The topological polar surface area (TPSA) is 49.3 Å². The average molecular weight is 345 g/mol. The molecule has 3 aromatic carbocycles. The van der Waals surface area contributed by atoms with Crippen LogP contribution in [-0.4, -0.2) is 11.1 Å². The Hall–Kier alpha value is -2.91. The normalized spacial score (nSPS) is 12.1. The minimum absolute atomic E-state index is 0.0270. The van der Waals surface area contributed by atoms with Crippen molar-refractivity contribution < 1.29 is 9.90 Å². The monoisotopic (exact) mass is 345 g/mol. The van der Waals surface area contributed by atoms with E-state index < -0.39 is 5.97 Å². The summed E-state index contributed by atoms with van der Waals surface area (Å²) in [4.78, 5) is 11.5. The van der Waals surface area contributed by atoms with Gasteiger partial charge in [0, 0.05) is 6.04 Å². The molecule has 0 aliphatic rings. The lowest BCUT2D eigenvalue weighted by molar-refractivity contribution is -0.137. The summed E-state index contributed by atoms with van der Waals surface area (Å²) < 4.78 is 0. The van der Waals surface area contributed by atoms with Crippen molar-refractivity contribution in [3.63, 3.8) is 0 Å². The number of carboxylic acids is 1. The van der Waals surface area contributed by atoms with Gasteiger partial charge in [-0.2, -0.15) is 0 Å². The van der Waals surface area contributed by atoms with Crippen LogP contribution in [0.1, 0.15) is 40.8 Å². The quantitative estimate of drug-likeness (QED) is 0.641. The van der Waals surface area contributed by atoms with Crippen molar-refractivity contribution in [2.45, 2.75) is 25.4 Å². The largest absolute Gasteiger partial charge is 0.481 e. The number of aryl methyl sites for hydroxylation is 1. The Morgan fingerprint density at radius 3 is 1.77 bits per heavy atom. The fraction of sp³-hybridized carbons (Fsp3) is 0.174. The van der Waals surface area contributed by atoms with Gasteiger partial charge in [0.2, 0.25) is 0 Å². The molecule has 0 bridgehead atoms. The zero-order valence-electron chi connectivity index (χ0n) is 14.8. The zero-order valence-corrected chi connectivity index (χ0v) is 14.8. The van der Waals surface area contributed by atoms with Crippen molar-refractivity contribution in [3.05, 3.63) is 107 Å².